The van der Waals surface area contributed by atoms with Crippen LogP contribution >= 0.6 is 11.3 Å². The van der Waals surface area contributed by atoms with Crippen LogP contribution in [-0.2, 0) is 6.54 Å². The van der Waals surface area contributed by atoms with E-state index in [1.807, 2.05) is 23.9 Å². The summed E-state index contributed by atoms with van der Waals surface area (Å²) in [6.07, 6.45) is 8.59. The SMILES string of the molecule is CC(Cn1cccn1)NC(=O)NC(c1cccs1)C1CCCC1. The van der Waals surface area contributed by atoms with Crippen molar-refractivity contribution < 1.29 is 4.79 Å². The number of carbonyl (C=O) groups is 1. The van der Waals surface area contributed by atoms with Crippen LogP contribution in [0.1, 0.15) is 43.5 Å². The van der Waals surface area contributed by atoms with Crippen molar-refractivity contribution in [3.8, 4) is 0 Å². The Morgan fingerprint density at radius 1 is 1.39 bits per heavy atom. The van der Waals surface area contributed by atoms with Gasteiger partial charge in [-0.25, -0.2) is 4.79 Å². The predicted molar refractivity (Wildman–Crippen MR) is 92.4 cm³/mol. The van der Waals surface area contributed by atoms with Crippen molar-refractivity contribution >= 4 is 17.4 Å². The number of amides is 2. The summed E-state index contributed by atoms with van der Waals surface area (Å²) >= 11 is 1.73. The molecule has 0 aromatic carbocycles. The molecule has 1 aliphatic carbocycles. The molecule has 0 radical (unpaired) electrons. The van der Waals surface area contributed by atoms with Crippen LogP contribution in [0.4, 0.5) is 4.79 Å². The summed E-state index contributed by atoms with van der Waals surface area (Å²) < 4.78 is 1.83. The maximum atomic E-state index is 12.4. The smallest absolute Gasteiger partial charge is 0.315 e. The molecule has 23 heavy (non-hydrogen) atoms. The van der Waals surface area contributed by atoms with E-state index < -0.39 is 0 Å². The topological polar surface area (TPSA) is 59.0 Å². The van der Waals surface area contributed by atoms with Gasteiger partial charge in [-0.1, -0.05) is 18.9 Å². The molecule has 3 rings (SSSR count). The molecule has 0 spiro atoms. The van der Waals surface area contributed by atoms with Gasteiger partial charge in [0.15, 0.2) is 0 Å². The molecule has 6 heteroatoms. The highest BCUT2D eigenvalue weighted by Gasteiger charge is 2.28. The largest absolute Gasteiger partial charge is 0.334 e. The molecule has 124 valence electrons. The first kappa shape index (κ1) is 16.1. The maximum Gasteiger partial charge on any atom is 0.315 e. The second kappa shape index (κ2) is 7.64. The van der Waals surface area contributed by atoms with Gasteiger partial charge in [0.05, 0.1) is 12.6 Å². The second-order valence-corrected chi connectivity index (χ2v) is 7.26. The lowest BCUT2D eigenvalue weighted by atomic mass is 9.97. The Labute approximate surface area is 141 Å². The molecule has 5 nitrogen and oxygen atoms in total. The highest BCUT2D eigenvalue weighted by Crippen LogP contribution is 2.37. The molecule has 0 bridgehead atoms. The lowest BCUT2D eigenvalue weighted by Gasteiger charge is -2.25. The Kier molecular flexibility index (Phi) is 5.33. The normalized spacial score (nSPS) is 17.8. The summed E-state index contributed by atoms with van der Waals surface area (Å²) in [7, 11) is 0. The molecule has 2 atom stereocenters. The van der Waals surface area contributed by atoms with Gasteiger partial charge < -0.3 is 10.6 Å². The van der Waals surface area contributed by atoms with Gasteiger partial charge in [-0.05, 0) is 43.2 Å². The van der Waals surface area contributed by atoms with E-state index in [1.54, 1.807) is 17.5 Å². The fraction of sp³-hybridized carbons (Fsp3) is 0.529. The molecular weight excluding hydrogens is 308 g/mol. The molecule has 2 N–H and O–H groups in total. The predicted octanol–water partition coefficient (Wildman–Crippen LogP) is 3.56. The fourth-order valence-corrected chi connectivity index (χ4v) is 4.19. The average Bonchev–Trinajstić information content (AvgIpc) is 3.27. The monoisotopic (exact) mass is 332 g/mol. The number of hydrogen-bond donors (Lipinski definition) is 2. The Morgan fingerprint density at radius 2 is 2.22 bits per heavy atom. The first-order chi connectivity index (χ1) is 11.2. The van der Waals surface area contributed by atoms with E-state index in [2.05, 4.69) is 33.2 Å². The molecule has 1 aliphatic rings. The van der Waals surface area contributed by atoms with Crippen molar-refractivity contribution in [2.45, 2.75) is 51.2 Å². The zero-order valence-corrected chi connectivity index (χ0v) is 14.3. The molecule has 2 aromatic rings. The van der Waals surface area contributed by atoms with Gasteiger partial charge in [0.1, 0.15) is 0 Å². The second-order valence-electron chi connectivity index (χ2n) is 6.28. The van der Waals surface area contributed by atoms with Gasteiger partial charge in [0, 0.05) is 23.3 Å². The lowest BCUT2D eigenvalue weighted by Crippen LogP contribution is -2.45. The molecule has 0 saturated heterocycles. The summed E-state index contributed by atoms with van der Waals surface area (Å²) in [5.41, 5.74) is 0. The molecule has 2 amide bonds. The van der Waals surface area contributed by atoms with Crippen LogP contribution in [0.5, 0.6) is 0 Å². The maximum absolute atomic E-state index is 12.4. The summed E-state index contributed by atoms with van der Waals surface area (Å²) in [5, 5.41) is 12.5. The summed E-state index contributed by atoms with van der Waals surface area (Å²) in [4.78, 5) is 13.7. The van der Waals surface area contributed by atoms with Crippen LogP contribution in [0, 0.1) is 5.92 Å². The Morgan fingerprint density at radius 3 is 2.87 bits per heavy atom. The molecule has 2 aromatic heterocycles. The highest BCUT2D eigenvalue weighted by molar-refractivity contribution is 7.10. The van der Waals surface area contributed by atoms with Crippen LogP contribution in [0.25, 0.3) is 0 Å². The number of thiophene rings is 1. The van der Waals surface area contributed by atoms with E-state index in [0.29, 0.717) is 12.5 Å². The summed E-state index contributed by atoms with van der Waals surface area (Å²) in [6, 6.07) is 6.15. The molecule has 1 fully saturated rings. The van der Waals surface area contributed by atoms with Crippen molar-refractivity contribution in [1.82, 2.24) is 20.4 Å². The van der Waals surface area contributed by atoms with Crippen LogP contribution in [0.15, 0.2) is 36.0 Å². The standard InChI is InChI=1S/C17H24N4OS/c1-13(12-21-10-5-9-18-21)19-17(22)20-16(14-6-2-3-7-14)15-8-4-11-23-15/h4-5,8-11,13-14,16H,2-3,6-7,12H2,1H3,(H2,19,20,22). The van der Waals surface area contributed by atoms with E-state index in [9.17, 15) is 4.79 Å². The van der Waals surface area contributed by atoms with Crippen LogP contribution in [0.2, 0.25) is 0 Å². The number of aromatic nitrogens is 2. The van der Waals surface area contributed by atoms with E-state index in [4.69, 9.17) is 0 Å². The quantitative estimate of drug-likeness (QED) is 0.849. The first-order valence-electron chi connectivity index (χ1n) is 8.30. The zero-order chi connectivity index (χ0) is 16.1. The molecule has 2 unspecified atom stereocenters. The third-order valence-corrected chi connectivity index (χ3v) is 5.36. The number of urea groups is 1. The minimum Gasteiger partial charge on any atom is -0.334 e. The number of carbonyl (C=O) groups excluding carboxylic acids is 1. The molecule has 1 saturated carbocycles. The minimum absolute atomic E-state index is 0.0301. The molecular formula is C17H24N4OS. The van der Waals surface area contributed by atoms with Gasteiger partial charge in [-0.3, -0.25) is 4.68 Å². The van der Waals surface area contributed by atoms with Crippen molar-refractivity contribution in [2.24, 2.45) is 5.92 Å². The average molecular weight is 332 g/mol. The third kappa shape index (κ3) is 4.34. The minimum atomic E-state index is -0.0880. The Bertz CT molecular complexity index is 590. The summed E-state index contributed by atoms with van der Waals surface area (Å²) in [5.74, 6) is 0.556. The van der Waals surface area contributed by atoms with Crippen molar-refractivity contribution in [3.05, 3.63) is 40.8 Å². The van der Waals surface area contributed by atoms with Crippen molar-refractivity contribution in [1.29, 1.82) is 0 Å². The zero-order valence-electron chi connectivity index (χ0n) is 13.4. The third-order valence-electron chi connectivity index (χ3n) is 4.41. The number of nitrogens with zero attached hydrogens (tertiary/aromatic N) is 2. The van der Waals surface area contributed by atoms with Gasteiger partial charge in [0.25, 0.3) is 0 Å². The van der Waals surface area contributed by atoms with Crippen LogP contribution < -0.4 is 10.6 Å². The molecule has 0 aliphatic heterocycles. The Hall–Kier alpha value is -1.82. The number of rotatable bonds is 6. The van der Waals surface area contributed by atoms with E-state index in [-0.39, 0.29) is 18.1 Å². The van der Waals surface area contributed by atoms with Crippen molar-refractivity contribution in [2.75, 3.05) is 0 Å². The van der Waals surface area contributed by atoms with E-state index in [0.717, 1.165) is 0 Å². The van der Waals surface area contributed by atoms with Crippen LogP contribution in [-0.4, -0.2) is 21.9 Å². The van der Waals surface area contributed by atoms with Gasteiger partial charge in [-0.2, -0.15) is 5.10 Å². The van der Waals surface area contributed by atoms with E-state index >= 15 is 0 Å². The molecule has 2 heterocycles. The first-order valence-corrected chi connectivity index (χ1v) is 9.18. The fourth-order valence-electron chi connectivity index (χ4n) is 3.32. The highest BCUT2D eigenvalue weighted by atomic mass is 32.1. The number of hydrogen-bond acceptors (Lipinski definition) is 3. The summed E-state index contributed by atoms with van der Waals surface area (Å²) in [6.45, 7) is 2.67. The lowest BCUT2D eigenvalue weighted by molar-refractivity contribution is 0.227. The van der Waals surface area contributed by atoms with Gasteiger partial charge in [0.2, 0.25) is 0 Å². The van der Waals surface area contributed by atoms with Gasteiger partial charge in [-0.15, -0.1) is 11.3 Å². The number of nitrogens with one attached hydrogen (secondary N) is 2. The van der Waals surface area contributed by atoms with Gasteiger partial charge >= 0.3 is 6.03 Å². The van der Waals surface area contributed by atoms with Crippen molar-refractivity contribution in [3.63, 3.8) is 0 Å². The Balaban J connectivity index is 1.57. The van der Waals surface area contributed by atoms with Crippen LogP contribution in [0.3, 0.4) is 0 Å². The van der Waals surface area contributed by atoms with E-state index in [1.165, 1.54) is 30.6 Å².